The van der Waals surface area contributed by atoms with E-state index in [0.29, 0.717) is 45.8 Å². The van der Waals surface area contributed by atoms with Gasteiger partial charge in [0.25, 0.3) is 5.69 Å². The summed E-state index contributed by atoms with van der Waals surface area (Å²) in [5.41, 5.74) is 3.04. The summed E-state index contributed by atoms with van der Waals surface area (Å²) in [5.74, 6) is -0.536. The molecule has 8 nitrogen and oxygen atoms in total. The molecule has 0 bridgehead atoms. The lowest BCUT2D eigenvalue weighted by Gasteiger charge is -2.45. The van der Waals surface area contributed by atoms with Crippen LogP contribution in [0.1, 0.15) is 49.3 Å². The number of rotatable bonds is 5. The van der Waals surface area contributed by atoms with Crippen molar-refractivity contribution in [1.29, 1.82) is 5.41 Å². The molecule has 5 rings (SSSR count). The fourth-order valence-corrected chi connectivity index (χ4v) is 5.80. The average Bonchev–Trinajstić information content (AvgIpc) is 2.92. The number of aliphatic hydroxyl groups excluding tert-OH is 1. The van der Waals surface area contributed by atoms with Crippen molar-refractivity contribution in [3.05, 3.63) is 116 Å². The van der Waals surface area contributed by atoms with Crippen LogP contribution in [0, 0.1) is 27.9 Å². The number of non-ortho nitro benzene ring substituents is 1. The molecule has 8 heteroatoms. The predicted octanol–water partition coefficient (Wildman–Crippen LogP) is 7.11. The van der Waals surface area contributed by atoms with Gasteiger partial charge in [-0.05, 0) is 30.4 Å². The first kappa shape index (κ1) is 26.9. The minimum Gasteiger partial charge on any atom is -0.507 e. The molecule has 1 unspecified atom stereocenters. The monoisotopic (exact) mass is 537 g/mol. The highest BCUT2D eigenvalue weighted by molar-refractivity contribution is 6.20. The SMILES string of the molecule is COc1ccccc1C1C2=C(CC(C)(C)CC2=O)N(c2cc([N+](=O)[O-])ccc2C)C(=N)/C1=C(/O)c1ccccc1. The first-order valence-corrected chi connectivity index (χ1v) is 13.1. The molecule has 0 aromatic heterocycles. The lowest BCUT2D eigenvalue weighted by molar-refractivity contribution is -0.384. The highest BCUT2D eigenvalue weighted by atomic mass is 16.6. The Morgan fingerprint density at radius 3 is 2.42 bits per heavy atom. The van der Waals surface area contributed by atoms with Crippen LogP contribution in [0.15, 0.2) is 89.6 Å². The van der Waals surface area contributed by atoms with Crippen molar-refractivity contribution < 1.29 is 19.6 Å². The van der Waals surface area contributed by atoms with Gasteiger partial charge >= 0.3 is 0 Å². The van der Waals surface area contributed by atoms with Crippen LogP contribution in [0.5, 0.6) is 5.75 Å². The second kappa shape index (κ2) is 10.1. The van der Waals surface area contributed by atoms with Gasteiger partial charge in [-0.2, -0.15) is 0 Å². The summed E-state index contributed by atoms with van der Waals surface area (Å²) in [5, 5.41) is 33.1. The van der Waals surface area contributed by atoms with Gasteiger partial charge in [-0.15, -0.1) is 0 Å². The molecular weight excluding hydrogens is 506 g/mol. The van der Waals surface area contributed by atoms with Crippen LogP contribution in [0.2, 0.25) is 0 Å². The Balaban J connectivity index is 1.91. The third kappa shape index (κ3) is 4.55. The molecule has 1 heterocycles. The number of hydrogen-bond acceptors (Lipinski definition) is 6. The standard InChI is InChI=1S/C32H31N3O5/c1-19-14-15-21(35(38)39)16-23(19)34-24-17-32(2,3)18-25(36)28(24)27(22-12-8-9-13-26(22)40-4)29(31(34)33)30(37)20-10-6-5-7-11-20/h5-16,27,33,37H,17-18H2,1-4H3/b30-29+,33-31?. The average molecular weight is 538 g/mol. The van der Waals surface area contributed by atoms with Crippen LogP contribution in [0.4, 0.5) is 11.4 Å². The Labute approximate surface area is 232 Å². The van der Waals surface area contributed by atoms with Crippen LogP contribution >= 0.6 is 0 Å². The number of aliphatic hydroxyl groups is 1. The number of carbonyl (C=O) groups is 1. The van der Waals surface area contributed by atoms with Crippen molar-refractivity contribution in [2.24, 2.45) is 5.41 Å². The van der Waals surface area contributed by atoms with Gasteiger partial charge in [0.15, 0.2) is 5.78 Å². The number of Topliss-reactive ketones (excluding diaryl/α,β-unsaturated/α-hetero) is 1. The van der Waals surface area contributed by atoms with Crippen molar-refractivity contribution in [3.8, 4) is 5.75 Å². The van der Waals surface area contributed by atoms with E-state index in [4.69, 9.17) is 4.74 Å². The number of ketones is 1. The fourth-order valence-electron chi connectivity index (χ4n) is 5.80. The second-order valence-electron chi connectivity index (χ2n) is 11.0. The molecule has 0 fully saturated rings. The van der Waals surface area contributed by atoms with Gasteiger partial charge in [-0.25, -0.2) is 0 Å². The van der Waals surface area contributed by atoms with Gasteiger partial charge in [-0.1, -0.05) is 68.4 Å². The molecular formula is C32H31N3O5. The Morgan fingerprint density at radius 2 is 1.75 bits per heavy atom. The Bertz CT molecular complexity index is 1600. The summed E-state index contributed by atoms with van der Waals surface area (Å²) in [4.78, 5) is 27.0. The lowest BCUT2D eigenvalue weighted by atomic mass is 9.67. The van der Waals surface area contributed by atoms with Gasteiger partial charge in [-0.3, -0.25) is 25.2 Å². The highest BCUT2D eigenvalue weighted by Crippen LogP contribution is 2.53. The number of methoxy groups -OCH3 is 1. The van der Waals surface area contributed by atoms with E-state index in [1.807, 2.05) is 45.0 Å². The first-order chi connectivity index (χ1) is 19.0. The molecule has 204 valence electrons. The third-order valence-corrected chi connectivity index (χ3v) is 7.62. The smallest absolute Gasteiger partial charge is 0.271 e. The summed E-state index contributed by atoms with van der Waals surface area (Å²) >= 11 is 0. The number of nitrogens with one attached hydrogen (secondary N) is 1. The van der Waals surface area contributed by atoms with Crippen molar-refractivity contribution in [3.63, 3.8) is 0 Å². The molecule has 0 saturated carbocycles. The zero-order valence-corrected chi connectivity index (χ0v) is 22.9. The molecule has 0 saturated heterocycles. The van der Waals surface area contributed by atoms with Crippen molar-refractivity contribution in [2.45, 2.75) is 39.5 Å². The van der Waals surface area contributed by atoms with E-state index in [-0.39, 0.29) is 35.1 Å². The van der Waals surface area contributed by atoms with Crippen molar-refractivity contribution in [2.75, 3.05) is 12.0 Å². The number of hydrogen-bond donors (Lipinski definition) is 2. The quantitative estimate of drug-likeness (QED) is 0.204. The highest BCUT2D eigenvalue weighted by Gasteiger charge is 2.47. The molecule has 0 radical (unpaired) electrons. The molecule has 1 aliphatic carbocycles. The molecule has 0 amide bonds. The summed E-state index contributed by atoms with van der Waals surface area (Å²) in [6.07, 6.45) is 0.746. The molecule has 40 heavy (non-hydrogen) atoms. The molecule has 2 aliphatic rings. The van der Waals surface area contributed by atoms with Gasteiger partial charge < -0.3 is 9.84 Å². The number of para-hydroxylation sites is 1. The number of carbonyl (C=O) groups excluding carboxylic acids is 1. The third-order valence-electron chi connectivity index (χ3n) is 7.62. The van der Waals surface area contributed by atoms with Crippen molar-refractivity contribution >= 4 is 28.8 Å². The van der Waals surface area contributed by atoms with Crippen LogP contribution in [0.25, 0.3) is 5.76 Å². The molecule has 0 spiro atoms. The number of amidine groups is 1. The summed E-state index contributed by atoms with van der Waals surface area (Å²) in [6.45, 7) is 5.82. The van der Waals surface area contributed by atoms with E-state index in [1.165, 1.54) is 12.1 Å². The number of ether oxygens (including phenoxy) is 1. The summed E-state index contributed by atoms with van der Waals surface area (Å²) < 4.78 is 5.70. The van der Waals surface area contributed by atoms with E-state index in [1.54, 1.807) is 48.4 Å². The maximum atomic E-state index is 14.1. The predicted molar refractivity (Wildman–Crippen MR) is 155 cm³/mol. The first-order valence-electron chi connectivity index (χ1n) is 13.1. The summed E-state index contributed by atoms with van der Waals surface area (Å²) in [6, 6.07) is 20.7. The van der Waals surface area contributed by atoms with Crippen LogP contribution in [0.3, 0.4) is 0 Å². The van der Waals surface area contributed by atoms with Crippen molar-refractivity contribution in [1.82, 2.24) is 0 Å². The summed E-state index contributed by atoms with van der Waals surface area (Å²) in [7, 11) is 1.55. The van der Waals surface area contributed by atoms with Gasteiger partial charge in [0.05, 0.1) is 23.6 Å². The van der Waals surface area contributed by atoms with Gasteiger partial charge in [0, 0.05) is 46.5 Å². The van der Waals surface area contributed by atoms with E-state index in [9.17, 15) is 25.4 Å². The van der Waals surface area contributed by atoms with Gasteiger partial charge in [0.2, 0.25) is 0 Å². The number of nitro groups is 1. The second-order valence-corrected chi connectivity index (χ2v) is 11.0. The number of benzene rings is 3. The maximum Gasteiger partial charge on any atom is 0.271 e. The zero-order valence-electron chi connectivity index (χ0n) is 22.9. The minimum atomic E-state index is -0.780. The zero-order chi connectivity index (χ0) is 28.8. The Morgan fingerprint density at radius 1 is 1.07 bits per heavy atom. The van der Waals surface area contributed by atoms with E-state index in [0.717, 1.165) is 0 Å². The molecule has 2 N–H and O–H groups in total. The fraction of sp³-hybridized carbons (Fsp3) is 0.250. The molecule has 3 aromatic rings. The number of aryl methyl sites for hydroxylation is 1. The topological polar surface area (TPSA) is 117 Å². The number of anilines is 1. The molecule has 1 aliphatic heterocycles. The van der Waals surface area contributed by atoms with E-state index < -0.39 is 16.3 Å². The van der Waals surface area contributed by atoms with Gasteiger partial charge in [0.1, 0.15) is 17.3 Å². The van der Waals surface area contributed by atoms with Crippen LogP contribution in [-0.4, -0.2) is 28.8 Å². The van der Waals surface area contributed by atoms with E-state index >= 15 is 0 Å². The maximum absolute atomic E-state index is 14.1. The van der Waals surface area contributed by atoms with Crippen LogP contribution < -0.4 is 9.64 Å². The lowest BCUT2D eigenvalue weighted by Crippen LogP contribution is -2.45. The number of nitro benzene ring substituents is 1. The van der Waals surface area contributed by atoms with Crippen LogP contribution in [-0.2, 0) is 4.79 Å². The molecule has 1 atom stereocenters. The normalized spacial score (nSPS) is 19.8. The minimum absolute atomic E-state index is 0.0508. The van der Waals surface area contributed by atoms with E-state index in [2.05, 4.69) is 0 Å². The number of nitrogens with zero attached hydrogens (tertiary/aromatic N) is 2. The number of allylic oxidation sites excluding steroid dienone is 2. The Kier molecular flexibility index (Phi) is 6.79. The molecule has 3 aromatic carbocycles. The largest absolute Gasteiger partial charge is 0.507 e. The Hall–Kier alpha value is -4.72.